The van der Waals surface area contributed by atoms with E-state index in [0.717, 1.165) is 5.56 Å². The molecule has 0 saturated heterocycles. The van der Waals surface area contributed by atoms with Crippen molar-refractivity contribution in [1.82, 2.24) is 9.97 Å². The van der Waals surface area contributed by atoms with Gasteiger partial charge in [0.15, 0.2) is 0 Å². The zero-order chi connectivity index (χ0) is 14.8. The Balaban J connectivity index is 2.16. The van der Waals surface area contributed by atoms with Gasteiger partial charge in [0.05, 0.1) is 0 Å². The molecule has 0 bridgehead atoms. The second-order valence-electron chi connectivity index (χ2n) is 3.98. The summed E-state index contributed by atoms with van der Waals surface area (Å²) >= 11 is 5.81. The number of rotatable bonds is 3. The van der Waals surface area contributed by atoms with Crippen molar-refractivity contribution in [3.05, 3.63) is 46.7 Å². The van der Waals surface area contributed by atoms with Crippen LogP contribution in [0.2, 0.25) is 5.02 Å². The average molecular weight is 303 g/mol. The summed E-state index contributed by atoms with van der Waals surface area (Å²) in [5.41, 5.74) is 6.15. The highest BCUT2D eigenvalue weighted by atomic mass is 35.5. The number of nitrogens with zero attached hydrogens (tertiary/aromatic N) is 2. The minimum atomic E-state index is -4.64. The lowest BCUT2D eigenvalue weighted by Gasteiger charge is -2.10. The highest BCUT2D eigenvalue weighted by Crippen LogP contribution is 2.27. The molecule has 0 spiro atoms. The fraction of sp³-hybridized carbons (Fsp3) is 0.167. The summed E-state index contributed by atoms with van der Waals surface area (Å²) in [4.78, 5) is 6.54. The quantitative estimate of drug-likeness (QED) is 0.912. The molecule has 0 aliphatic rings. The Morgan fingerprint density at radius 1 is 1.20 bits per heavy atom. The maximum atomic E-state index is 12.5. The molecule has 0 fully saturated rings. The topological polar surface area (TPSA) is 63.8 Å². The first-order chi connectivity index (χ1) is 9.34. The van der Waals surface area contributed by atoms with Crippen LogP contribution in [0.3, 0.4) is 0 Å². The number of hydrogen-bond donors (Lipinski definition) is 2. The predicted octanol–water partition coefficient (Wildman–Crippen LogP) is 3.34. The number of aromatic nitrogens is 2. The molecule has 4 nitrogen and oxygen atoms in total. The van der Waals surface area contributed by atoms with E-state index in [0.29, 0.717) is 5.02 Å². The van der Waals surface area contributed by atoms with Crippen molar-refractivity contribution >= 4 is 23.2 Å². The van der Waals surface area contributed by atoms with Gasteiger partial charge >= 0.3 is 6.18 Å². The van der Waals surface area contributed by atoms with Crippen molar-refractivity contribution < 1.29 is 13.2 Å². The highest BCUT2D eigenvalue weighted by molar-refractivity contribution is 6.30. The van der Waals surface area contributed by atoms with Crippen LogP contribution in [0.5, 0.6) is 0 Å². The first-order valence-corrected chi connectivity index (χ1v) is 5.92. The molecule has 0 unspecified atom stereocenters. The van der Waals surface area contributed by atoms with Gasteiger partial charge in [-0.2, -0.15) is 13.2 Å². The number of nitrogens with one attached hydrogen (secondary N) is 1. The van der Waals surface area contributed by atoms with E-state index >= 15 is 0 Å². The minimum Gasteiger partial charge on any atom is -0.384 e. The van der Waals surface area contributed by atoms with E-state index in [1.807, 2.05) is 0 Å². The number of alkyl halides is 3. The maximum absolute atomic E-state index is 12.5. The van der Waals surface area contributed by atoms with Crippen molar-refractivity contribution in [2.75, 3.05) is 11.1 Å². The number of benzene rings is 1. The predicted molar refractivity (Wildman–Crippen MR) is 70.2 cm³/mol. The van der Waals surface area contributed by atoms with Gasteiger partial charge in [-0.15, -0.1) is 0 Å². The van der Waals surface area contributed by atoms with Crippen LogP contribution in [0, 0.1) is 0 Å². The molecule has 20 heavy (non-hydrogen) atoms. The lowest BCUT2D eigenvalue weighted by Crippen LogP contribution is -2.14. The number of hydrogen-bond acceptors (Lipinski definition) is 4. The molecule has 106 valence electrons. The summed E-state index contributed by atoms with van der Waals surface area (Å²) in [5, 5.41) is 3.30. The Bertz CT molecular complexity index is 616. The SMILES string of the molecule is Nc1cc(NCc2cccc(Cl)c2)nc(C(F)(F)F)n1. The van der Waals surface area contributed by atoms with E-state index in [-0.39, 0.29) is 18.2 Å². The molecule has 0 atom stereocenters. The van der Waals surface area contributed by atoms with Crippen LogP contribution in [-0.4, -0.2) is 9.97 Å². The van der Waals surface area contributed by atoms with Gasteiger partial charge in [-0.3, -0.25) is 0 Å². The summed E-state index contributed by atoms with van der Waals surface area (Å²) in [6, 6.07) is 8.17. The van der Waals surface area contributed by atoms with Crippen molar-refractivity contribution in [3.8, 4) is 0 Å². The van der Waals surface area contributed by atoms with Crippen molar-refractivity contribution in [2.24, 2.45) is 0 Å². The molecule has 2 aromatic rings. The molecule has 1 aromatic heterocycles. The summed E-state index contributed by atoms with van der Waals surface area (Å²) in [6.45, 7) is 0.272. The van der Waals surface area contributed by atoms with E-state index in [1.165, 1.54) is 6.07 Å². The van der Waals surface area contributed by atoms with E-state index in [2.05, 4.69) is 15.3 Å². The summed E-state index contributed by atoms with van der Waals surface area (Å²) in [6.07, 6.45) is -4.64. The van der Waals surface area contributed by atoms with Crippen LogP contribution in [0.1, 0.15) is 11.4 Å². The van der Waals surface area contributed by atoms with Crippen molar-refractivity contribution in [2.45, 2.75) is 12.7 Å². The molecule has 0 aliphatic heterocycles. The number of anilines is 2. The normalized spacial score (nSPS) is 11.4. The Hall–Kier alpha value is -2.02. The lowest BCUT2D eigenvalue weighted by molar-refractivity contribution is -0.144. The molecule has 2 rings (SSSR count). The third-order valence-electron chi connectivity index (χ3n) is 2.36. The number of nitrogen functional groups attached to an aromatic ring is 1. The number of nitrogens with two attached hydrogens (primary N) is 1. The molecular formula is C12H10ClF3N4. The first kappa shape index (κ1) is 14.4. The number of halogens is 4. The zero-order valence-corrected chi connectivity index (χ0v) is 10.8. The van der Waals surface area contributed by atoms with Crippen molar-refractivity contribution in [3.63, 3.8) is 0 Å². The van der Waals surface area contributed by atoms with Crippen molar-refractivity contribution in [1.29, 1.82) is 0 Å². The van der Waals surface area contributed by atoms with E-state index < -0.39 is 12.0 Å². The van der Waals surface area contributed by atoms with E-state index in [1.54, 1.807) is 24.3 Å². The van der Waals surface area contributed by atoms with Crippen LogP contribution in [-0.2, 0) is 12.7 Å². The summed E-state index contributed by atoms with van der Waals surface area (Å²) < 4.78 is 37.6. The van der Waals surface area contributed by atoms with Gasteiger partial charge in [-0.05, 0) is 17.7 Å². The molecule has 0 radical (unpaired) electrons. The maximum Gasteiger partial charge on any atom is 0.451 e. The molecule has 3 N–H and O–H groups in total. The molecule has 8 heteroatoms. The fourth-order valence-electron chi connectivity index (χ4n) is 1.52. The largest absolute Gasteiger partial charge is 0.451 e. The second kappa shape index (κ2) is 5.54. The summed E-state index contributed by atoms with van der Waals surface area (Å²) in [7, 11) is 0. The first-order valence-electron chi connectivity index (χ1n) is 5.54. The summed E-state index contributed by atoms with van der Waals surface area (Å²) in [5.74, 6) is -1.52. The van der Waals surface area contributed by atoms with Gasteiger partial charge in [-0.1, -0.05) is 23.7 Å². The minimum absolute atomic E-state index is 0.00444. The zero-order valence-electron chi connectivity index (χ0n) is 10.1. The van der Waals surface area contributed by atoms with Gasteiger partial charge in [-0.25, -0.2) is 9.97 Å². The van der Waals surface area contributed by atoms with Crippen LogP contribution >= 0.6 is 11.6 Å². The Morgan fingerprint density at radius 2 is 1.95 bits per heavy atom. The van der Waals surface area contributed by atoms with E-state index in [4.69, 9.17) is 17.3 Å². The third-order valence-corrected chi connectivity index (χ3v) is 2.60. The third kappa shape index (κ3) is 3.74. The smallest absolute Gasteiger partial charge is 0.384 e. The lowest BCUT2D eigenvalue weighted by atomic mass is 10.2. The Kier molecular flexibility index (Phi) is 3.99. The molecule has 0 amide bonds. The van der Waals surface area contributed by atoms with Crippen LogP contribution in [0.4, 0.5) is 24.8 Å². The molecule has 0 saturated carbocycles. The van der Waals surface area contributed by atoms with Gasteiger partial charge in [0, 0.05) is 17.6 Å². The van der Waals surface area contributed by atoms with Crippen LogP contribution < -0.4 is 11.1 Å². The Labute approximate surface area is 117 Å². The van der Waals surface area contributed by atoms with Gasteiger partial charge in [0.1, 0.15) is 11.6 Å². The monoisotopic (exact) mass is 302 g/mol. The van der Waals surface area contributed by atoms with E-state index in [9.17, 15) is 13.2 Å². The highest BCUT2D eigenvalue weighted by Gasteiger charge is 2.35. The molecular weight excluding hydrogens is 293 g/mol. The average Bonchev–Trinajstić information content (AvgIpc) is 2.35. The standard InChI is InChI=1S/C12H10ClF3N4/c13-8-3-1-2-7(4-8)6-18-10-5-9(17)19-11(20-10)12(14,15)16/h1-5H,6H2,(H3,17,18,19,20). The van der Waals surface area contributed by atoms with Gasteiger partial charge in [0.25, 0.3) is 0 Å². The second-order valence-corrected chi connectivity index (χ2v) is 4.42. The molecule has 1 heterocycles. The van der Waals surface area contributed by atoms with Gasteiger partial charge < -0.3 is 11.1 Å². The molecule has 1 aromatic carbocycles. The Morgan fingerprint density at radius 3 is 2.60 bits per heavy atom. The molecule has 0 aliphatic carbocycles. The van der Waals surface area contributed by atoms with Crippen LogP contribution in [0.25, 0.3) is 0 Å². The van der Waals surface area contributed by atoms with Crippen LogP contribution in [0.15, 0.2) is 30.3 Å². The van der Waals surface area contributed by atoms with Gasteiger partial charge in [0.2, 0.25) is 5.82 Å². The fourth-order valence-corrected chi connectivity index (χ4v) is 1.74.